The summed E-state index contributed by atoms with van der Waals surface area (Å²) in [6.07, 6.45) is 2.47. The Labute approximate surface area is 132 Å². The zero-order valence-corrected chi connectivity index (χ0v) is 13.4. The third kappa shape index (κ3) is 3.91. The van der Waals surface area contributed by atoms with Crippen molar-refractivity contribution in [3.63, 3.8) is 0 Å². The molecule has 2 aliphatic heterocycles. The SMILES string of the molecule is Cc1ccc(CNC2=NCC(C)N2)c(OCC2CCCO2)c1. The van der Waals surface area contributed by atoms with Gasteiger partial charge in [-0.3, -0.25) is 4.99 Å². The van der Waals surface area contributed by atoms with Crippen molar-refractivity contribution in [2.24, 2.45) is 4.99 Å². The Morgan fingerprint density at radius 3 is 3.09 bits per heavy atom. The first-order chi connectivity index (χ1) is 10.7. The van der Waals surface area contributed by atoms with E-state index in [1.165, 1.54) is 5.56 Å². The van der Waals surface area contributed by atoms with Crippen LogP contribution < -0.4 is 15.4 Å². The highest BCUT2D eigenvalue weighted by Gasteiger charge is 2.17. The molecule has 1 aromatic rings. The van der Waals surface area contributed by atoms with Crippen molar-refractivity contribution in [2.75, 3.05) is 19.8 Å². The van der Waals surface area contributed by atoms with Gasteiger partial charge in [-0.2, -0.15) is 0 Å². The molecule has 2 N–H and O–H groups in total. The standard InChI is InChI=1S/C17H25N3O2/c1-12-5-6-14(10-19-17-18-9-13(2)20-17)16(8-12)22-11-15-4-3-7-21-15/h5-6,8,13,15H,3-4,7,9-11H2,1-2H3,(H2,18,19,20). The number of nitrogens with one attached hydrogen (secondary N) is 2. The molecule has 0 bridgehead atoms. The van der Waals surface area contributed by atoms with Crippen molar-refractivity contribution in [2.45, 2.75) is 45.4 Å². The molecule has 0 aromatic heterocycles. The first kappa shape index (κ1) is 15.2. The number of nitrogens with zero attached hydrogens (tertiary/aromatic N) is 1. The summed E-state index contributed by atoms with van der Waals surface area (Å²) in [5, 5.41) is 6.65. The average Bonchev–Trinajstić information content (AvgIpc) is 3.15. The first-order valence-electron chi connectivity index (χ1n) is 8.09. The van der Waals surface area contributed by atoms with Crippen LogP contribution in [0.3, 0.4) is 0 Å². The molecule has 0 amide bonds. The number of guanidine groups is 1. The van der Waals surface area contributed by atoms with E-state index in [0.717, 1.165) is 43.3 Å². The van der Waals surface area contributed by atoms with Crippen molar-refractivity contribution in [3.8, 4) is 5.75 Å². The summed E-state index contributed by atoms with van der Waals surface area (Å²) in [5.41, 5.74) is 2.35. The number of ether oxygens (including phenoxy) is 2. The number of aliphatic imine (C=N–C) groups is 1. The van der Waals surface area contributed by atoms with E-state index in [9.17, 15) is 0 Å². The van der Waals surface area contributed by atoms with E-state index in [1.807, 2.05) is 0 Å². The largest absolute Gasteiger partial charge is 0.491 e. The Bertz CT molecular complexity index is 539. The Morgan fingerprint density at radius 2 is 2.36 bits per heavy atom. The smallest absolute Gasteiger partial charge is 0.191 e. The first-order valence-corrected chi connectivity index (χ1v) is 8.09. The van der Waals surface area contributed by atoms with Gasteiger partial charge in [-0.25, -0.2) is 0 Å². The highest BCUT2D eigenvalue weighted by molar-refractivity contribution is 5.81. The predicted molar refractivity (Wildman–Crippen MR) is 87.4 cm³/mol. The molecule has 0 spiro atoms. The summed E-state index contributed by atoms with van der Waals surface area (Å²) >= 11 is 0. The zero-order chi connectivity index (χ0) is 15.4. The van der Waals surface area contributed by atoms with E-state index in [-0.39, 0.29) is 6.10 Å². The second-order valence-electron chi connectivity index (χ2n) is 6.15. The van der Waals surface area contributed by atoms with E-state index in [0.29, 0.717) is 19.2 Å². The van der Waals surface area contributed by atoms with Crippen LogP contribution >= 0.6 is 0 Å². The second-order valence-corrected chi connectivity index (χ2v) is 6.15. The average molecular weight is 303 g/mol. The summed E-state index contributed by atoms with van der Waals surface area (Å²) in [7, 11) is 0. The number of benzene rings is 1. The lowest BCUT2D eigenvalue weighted by atomic mass is 10.1. The maximum Gasteiger partial charge on any atom is 0.191 e. The molecule has 0 saturated carbocycles. The monoisotopic (exact) mass is 303 g/mol. The molecule has 0 aliphatic carbocycles. The van der Waals surface area contributed by atoms with Crippen LogP contribution in [0.4, 0.5) is 0 Å². The van der Waals surface area contributed by atoms with E-state index >= 15 is 0 Å². The van der Waals surface area contributed by atoms with Gasteiger partial charge in [0, 0.05) is 24.8 Å². The normalized spacial score (nSPS) is 24.0. The van der Waals surface area contributed by atoms with Gasteiger partial charge in [0.2, 0.25) is 0 Å². The van der Waals surface area contributed by atoms with Crippen LogP contribution in [0.2, 0.25) is 0 Å². The molecule has 120 valence electrons. The highest BCUT2D eigenvalue weighted by Crippen LogP contribution is 2.22. The fourth-order valence-corrected chi connectivity index (χ4v) is 2.74. The molecule has 1 aromatic carbocycles. The molecule has 1 fully saturated rings. The third-order valence-corrected chi connectivity index (χ3v) is 4.02. The van der Waals surface area contributed by atoms with Crippen LogP contribution in [0.15, 0.2) is 23.2 Å². The van der Waals surface area contributed by atoms with Crippen molar-refractivity contribution < 1.29 is 9.47 Å². The van der Waals surface area contributed by atoms with Crippen LogP contribution in [-0.4, -0.2) is 37.9 Å². The Kier molecular flexibility index (Phi) is 4.83. The Hall–Kier alpha value is -1.75. The topological polar surface area (TPSA) is 54.9 Å². The fourth-order valence-electron chi connectivity index (χ4n) is 2.74. The summed E-state index contributed by atoms with van der Waals surface area (Å²) in [5.74, 6) is 1.81. The predicted octanol–water partition coefficient (Wildman–Crippen LogP) is 1.99. The van der Waals surface area contributed by atoms with Crippen LogP contribution in [-0.2, 0) is 11.3 Å². The third-order valence-electron chi connectivity index (χ3n) is 4.02. The fraction of sp³-hybridized carbons (Fsp3) is 0.588. The molecule has 5 heteroatoms. The maximum absolute atomic E-state index is 6.01. The number of rotatable bonds is 5. The molecule has 2 heterocycles. The van der Waals surface area contributed by atoms with Gasteiger partial charge in [-0.1, -0.05) is 12.1 Å². The molecule has 5 nitrogen and oxygen atoms in total. The van der Waals surface area contributed by atoms with Crippen LogP contribution in [0.5, 0.6) is 5.75 Å². The summed E-state index contributed by atoms with van der Waals surface area (Å²) < 4.78 is 11.6. The lowest BCUT2D eigenvalue weighted by Crippen LogP contribution is -2.37. The van der Waals surface area contributed by atoms with Gasteiger partial charge in [-0.15, -0.1) is 0 Å². The zero-order valence-electron chi connectivity index (χ0n) is 13.4. The summed E-state index contributed by atoms with van der Waals surface area (Å²) in [6, 6.07) is 6.74. The van der Waals surface area contributed by atoms with Gasteiger partial charge in [-0.05, 0) is 38.3 Å². The van der Waals surface area contributed by atoms with Crippen molar-refractivity contribution in [3.05, 3.63) is 29.3 Å². The molecule has 22 heavy (non-hydrogen) atoms. The van der Waals surface area contributed by atoms with Gasteiger partial charge in [0.1, 0.15) is 12.4 Å². The van der Waals surface area contributed by atoms with E-state index < -0.39 is 0 Å². The van der Waals surface area contributed by atoms with Crippen molar-refractivity contribution in [1.82, 2.24) is 10.6 Å². The highest BCUT2D eigenvalue weighted by atomic mass is 16.5. The molecular formula is C17H25N3O2. The minimum Gasteiger partial charge on any atom is -0.491 e. The van der Waals surface area contributed by atoms with Crippen molar-refractivity contribution in [1.29, 1.82) is 0 Å². The van der Waals surface area contributed by atoms with Gasteiger partial charge in [0.05, 0.1) is 12.6 Å². The van der Waals surface area contributed by atoms with Crippen LogP contribution in [0.1, 0.15) is 30.9 Å². The maximum atomic E-state index is 6.01. The minimum absolute atomic E-state index is 0.239. The van der Waals surface area contributed by atoms with Gasteiger partial charge in [0.15, 0.2) is 5.96 Å². The van der Waals surface area contributed by atoms with Crippen LogP contribution in [0, 0.1) is 6.92 Å². The second kappa shape index (κ2) is 7.01. The Balaban J connectivity index is 1.59. The summed E-state index contributed by atoms with van der Waals surface area (Å²) in [4.78, 5) is 4.42. The summed E-state index contributed by atoms with van der Waals surface area (Å²) in [6.45, 7) is 7.24. The van der Waals surface area contributed by atoms with E-state index in [2.05, 4.69) is 47.7 Å². The molecule has 2 unspecified atom stereocenters. The van der Waals surface area contributed by atoms with Gasteiger partial charge < -0.3 is 20.1 Å². The number of aryl methyl sites for hydroxylation is 1. The number of hydrogen-bond donors (Lipinski definition) is 2. The molecule has 2 aliphatic rings. The number of hydrogen-bond acceptors (Lipinski definition) is 5. The molecule has 0 radical (unpaired) electrons. The molecule has 1 saturated heterocycles. The Morgan fingerprint density at radius 1 is 1.45 bits per heavy atom. The van der Waals surface area contributed by atoms with Gasteiger partial charge >= 0.3 is 0 Å². The lowest BCUT2D eigenvalue weighted by Gasteiger charge is -2.16. The van der Waals surface area contributed by atoms with E-state index in [4.69, 9.17) is 9.47 Å². The molecule has 3 rings (SSSR count). The van der Waals surface area contributed by atoms with Crippen LogP contribution in [0.25, 0.3) is 0 Å². The van der Waals surface area contributed by atoms with E-state index in [1.54, 1.807) is 0 Å². The van der Waals surface area contributed by atoms with Gasteiger partial charge in [0.25, 0.3) is 0 Å². The lowest BCUT2D eigenvalue weighted by molar-refractivity contribution is 0.0676. The van der Waals surface area contributed by atoms with Crippen molar-refractivity contribution >= 4 is 5.96 Å². The minimum atomic E-state index is 0.239. The quantitative estimate of drug-likeness (QED) is 0.873. The molecule has 2 atom stereocenters. The molecular weight excluding hydrogens is 278 g/mol.